The van der Waals surface area contributed by atoms with E-state index in [9.17, 15) is 22.8 Å². The van der Waals surface area contributed by atoms with Gasteiger partial charge >= 0.3 is 6.18 Å². The molecule has 1 aromatic heterocycles. The monoisotopic (exact) mass is 353 g/mol. The molecular formula is C17H18F3N3O2. The normalized spacial score (nSPS) is 21.2. The van der Waals surface area contributed by atoms with Crippen LogP contribution in [0.1, 0.15) is 25.7 Å². The molecule has 1 heterocycles. The first-order valence-electron chi connectivity index (χ1n) is 8.17. The molecule has 0 radical (unpaired) electrons. The zero-order valence-corrected chi connectivity index (χ0v) is 13.4. The van der Waals surface area contributed by atoms with Gasteiger partial charge in [-0.05, 0) is 18.9 Å². The molecule has 0 spiro atoms. The van der Waals surface area contributed by atoms with E-state index in [0.29, 0.717) is 23.6 Å². The number of fused-ring (bicyclic) bond motifs is 1. The van der Waals surface area contributed by atoms with Crippen LogP contribution >= 0.6 is 0 Å². The van der Waals surface area contributed by atoms with Crippen molar-refractivity contribution in [3.05, 3.63) is 40.8 Å². The van der Waals surface area contributed by atoms with Crippen LogP contribution in [0.5, 0.6) is 0 Å². The fourth-order valence-corrected chi connectivity index (χ4v) is 3.32. The van der Waals surface area contributed by atoms with Crippen LogP contribution in [0.2, 0.25) is 0 Å². The third-order valence-electron chi connectivity index (χ3n) is 4.59. The number of carbonyl (C=O) groups excluding carboxylic acids is 1. The molecule has 0 bridgehead atoms. The Balaban J connectivity index is 1.74. The van der Waals surface area contributed by atoms with Gasteiger partial charge in [-0.1, -0.05) is 31.0 Å². The van der Waals surface area contributed by atoms with E-state index in [2.05, 4.69) is 10.4 Å². The summed E-state index contributed by atoms with van der Waals surface area (Å²) in [5.41, 5.74) is -0.440. The third-order valence-corrected chi connectivity index (χ3v) is 4.59. The molecule has 2 atom stereocenters. The maximum Gasteiger partial charge on any atom is 0.393 e. The van der Waals surface area contributed by atoms with Crippen LogP contribution in [0.15, 0.2) is 35.3 Å². The van der Waals surface area contributed by atoms with Crippen molar-refractivity contribution < 1.29 is 18.0 Å². The highest BCUT2D eigenvalue weighted by Gasteiger charge is 2.45. The average Bonchev–Trinajstić information content (AvgIpc) is 2.57. The van der Waals surface area contributed by atoms with Gasteiger partial charge in [0.1, 0.15) is 6.54 Å². The summed E-state index contributed by atoms with van der Waals surface area (Å²) >= 11 is 0. The number of benzene rings is 1. The van der Waals surface area contributed by atoms with Crippen molar-refractivity contribution in [1.82, 2.24) is 15.1 Å². The molecule has 0 saturated heterocycles. The molecule has 8 heteroatoms. The third kappa shape index (κ3) is 3.83. The van der Waals surface area contributed by atoms with Gasteiger partial charge in [0, 0.05) is 11.4 Å². The molecule has 1 aliphatic carbocycles. The molecule has 2 unspecified atom stereocenters. The quantitative estimate of drug-likeness (QED) is 0.923. The number of aromatic nitrogens is 2. The predicted molar refractivity (Wildman–Crippen MR) is 85.9 cm³/mol. The summed E-state index contributed by atoms with van der Waals surface area (Å²) in [5.74, 6) is -2.17. The Labute approximate surface area is 141 Å². The van der Waals surface area contributed by atoms with Crippen molar-refractivity contribution in [2.45, 2.75) is 44.4 Å². The van der Waals surface area contributed by atoms with E-state index in [0.717, 1.165) is 4.68 Å². The molecule has 1 amide bonds. The van der Waals surface area contributed by atoms with Gasteiger partial charge in [-0.15, -0.1) is 0 Å². The number of nitrogens with zero attached hydrogens (tertiary/aromatic N) is 2. The molecule has 1 aliphatic rings. The second kappa shape index (κ2) is 6.85. The summed E-state index contributed by atoms with van der Waals surface area (Å²) in [6.07, 6.45) is -1.42. The van der Waals surface area contributed by atoms with Gasteiger partial charge < -0.3 is 5.32 Å². The summed E-state index contributed by atoms with van der Waals surface area (Å²) in [7, 11) is 0. The van der Waals surface area contributed by atoms with E-state index < -0.39 is 36.1 Å². The van der Waals surface area contributed by atoms with Crippen LogP contribution in [-0.4, -0.2) is 27.9 Å². The number of carbonyl (C=O) groups is 1. The standard InChI is InChI=1S/C17H18F3N3O2/c18-17(19,20)13-7-3-4-8-14(13)22-15(24)10-23-16(25)12-6-2-1-5-11(12)9-21-23/h1-2,5-6,9,13-14H,3-4,7-8,10H2,(H,22,24). The number of rotatable bonds is 3. The number of amides is 1. The Morgan fingerprint density at radius 3 is 2.72 bits per heavy atom. The van der Waals surface area contributed by atoms with Gasteiger partial charge in [-0.3, -0.25) is 9.59 Å². The van der Waals surface area contributed by atoms with Crippen molar-refractivity contribution >= 4 is 16.7 Å². The summed E-state index contributed by atoms with van der Waals surface area (Å²) < 4.78 is 40.2. The zero-order chi connectivity index (χ0) is 18.0. The first-order valence-corrected chi connectivity index (χ1v) is 8.17. The van der Waals surface area contributed by atoms with E-state index in [1.165, 1.54) is 6.20 Å². The van der Waals surface area contributed by atoms with Crippen LogP contribution in [0.3, 0.4) is 0 Å². The number of hydrogen-bond acceptors (Lipinski definition) is 3. The van der Waals surface area contributed by atoms with Crippen LogP contribution in [0.4, 0.5) is 13.2 Å². The second-order valence-corrected chi connectivity index (χ2v) is 6.30. The predicted octanol–water partition coefficient (Wildman–Crippen LogP) is 2.63. The van der Waals surface area contributed by atoms with E-state index in [1.807, 2.05) is 0 Å². The fourth-order valence-electron chi connectivity index (χ4n) is 3.32. The highest BCUT2D eigenvalue weighted by Crippen LogP contribution is 2.37. The minimum absolute atomic E-state index is 0.0165. The molecule has 25 heavy (non-hydrogen) atoms. The van der Waals surface area contributed by atoms with Crippen molar-refractivity contribution in [2.24, 2.45) is 5.92 Å². The Morgan fingerprint density at radius 1 is 1.24 bits per heavy atom. The molecule has 1 saturated carbocycles. The van der Waals surface area contributed by atoms with Crippen molar-refractivity contribution in [1.29, 1.82) is 0 Å². The molecule has 1 N–H and O–H groups in total. The lowest BCUT2D eigenvalue weighted by atomic mass is 9.84. The summed E-state index contributed by atoms with van der Waals surface area (Å²) in [4.78, 5) is 24.5. The van der Waals surface area contributed by atoms with E-state index in [1.54, 1.807) is 24.3 Å². The number of hydrogen-bond donors (Lipinski definition) is 1. The van der Waals surface area contributed by atoms with E-state index in [4.69, 9.17) is 0 Å². The van der Waals surface area contributed by atoms with Crippen LogP contribution < -0.4 is 10.9 Å². The zero-order valence-electron chi connectivity index (χ0n) is 13.4. The molecule has 1 fully saturated rings. The summed E-state index contributed by atoms with van der Waals surface area (Å²) in [6.45, 7) is -0.398. The van der Waals surface area contributed by atoms with Crippen molar-refractivity contribution in [3.63, 3.8) is 0 Å². The molecule has 5 nitrogen and oxygen atoms in total. The topological polar surface area (TPSA) is 64.0 Å². The molecule has 1 aromatic carbocycles. The lowest BCUT2D eigenvalue weighted by Gasteiger charge is -2.33. The molecule has 134 valence electrons. The van der Waals surface area contributed by atoms with Crippen molar-refractivity contribution in [3.8, 4) is 0 Å². The number of alkyl halides is 3. The van der Waals surface area contributed by atoms with Crippen LogP contribution in [0, 0.1) is 5.92 Å². The van der Waals surface area contributed by atoms with Crippen LogP contribution in [-0.2, 0) is 11.3 Å². The van der Waals surface area contributed by atoms with Gasteiger partial charge in [-0.2, -0.15) is 18.3 Å². The van der Waals surface area contributed by atoms with Crippen molar-refractivity contribution in [2.75, 3.05) is 0 Å². The second-order valence-electron chi connectivity index (χ2n) is 6.30. The number of nitrogens with one attached hydrogen (secondary N) is 1. The summed E-state index contributed by atoms with van der Waals surface area (Å²) in [5, 5.41) is 7.43. The maximum absolute atomic E-state index is 13.1. The SMILES string of the molecule is O=C(Cn1ncc2ccccc2c1=O)NC1CCCCC1C(F)(F)F. The van der Waals surface area contributed by atoms with Gasteiger partial charge in [0.25, 0.3) is 5.56 Å². The summed E-state index contributed by atoms with van der Waals surface area (Å²) in [6, 6.07) is 5.86. The lowest BCUT2D eigenvalue weighted by molar-refractivity contribution is -0.189. The average molecular weight is 353 g/mol. The smallest absolute Gasteiger partial charge is 0.351 e. The van der Waals surface area contributed by atoms with E-state index >= 15 is 0 Å². The highest BCUT2D eigenvalue weighted by molar-refractivity contribution is 5.81. The Bertz CT molecular complexity index is 832. The fraction of sp³-hybridized carbons (Fsp3) is 0.471. The van der Waals surface area contributed by atoms with Crippen LogP contribution in [0.25, 0.3) is 10.8 Å². The molecule has 2 aromatic rings. The Hall–Kier alpha value is -2.38. The van der Waals surface area contributed by atoms with E-state index in [-0.39, 0.29) is 12.8 Å². The molecule has 0 aliphatic heterocycles. The Morgan fingerprint density at radius 2 is 1.96 bits per heavy atom. The van der Waals surface area contributed by atoms with Gasteiger partial charge in [0.05, 0.1) is 17.5 Å². The molecule has 3 rings (SSSR count). The lowest BCUT2D eigenvalue weighted by Crippen LogP contribution is -2.49. The minimum atomic E-state index is -4.34. The highest BCUT2D eigenvalue weighted by atomic mass is 19.4. The van der Waals surface area contributed by atoms with Gasteiger partial charge in [-0.25, -0.2) is 4.68 Å². The minimum Gasteiger partial charge on any atom is -0.351 e. The Kier molecular flexibility index (Phi) is 4.78. The first-order chi connectivity index (χ1) is 11.9. The largest absolute Gasteiger partial charge is 0.393 e. The maximum atomic E-state index is 13.1. The van der Waals surface area contributed by atoms with Gasteiger partial charge in [0.2, 0.25) is 5.91 Å². The van der Waals surface area contributed by atoms with Gasteiger partial charge in [0.15, 0.2) is 0 Å². The molecular weight excluding hydrogens is 335 g/mol. The first kappa shape index (κ1) is 17.4. The number of halogens is 3.